The lowest BCUT2D eigenvalue weighted by atomic mass is 10.3. The van der Waals surface area contributed by atoms with Gasteiger partial charge in [0, 0.05) is 10.7 Å². The maximum absolute atomic E-state index is 5.64. The average Bonchev–Trinajstić information content (AvgIpc) is 2.72. The van der Waals surface area contributed by atoms with Crippen molar-refractivity contribution in [1.82, 2.24) is 19.9 Å². The predicted molar refractivity (Wildman–Crippen MR) is 69.2 cm³/mol. The van der Waals surface area contributed by atoms with Crippen LogP contribution in [0.5, 0.6) is 0 Å². The molecule has 0 atom stereocenters. The smallest absolute Gasteiger partial charge is 0.178 e. The molecule has 0 aliphatic carbocycles. The van der Waals surface area contributed by atoms with Gasteiger partial charge in [0.25, 0.3) is 0 Å². The second-order valence-corrected chi connectivity index (χ2v) is 4.47. The molecule has 17 heavy (non-hydrogen) atoms. The van der Waals surface area contributed by atoms with Gasteiger partial charge in [-0.15, -0.1) is 0 Å². The van der Waals surface area contributed by atoms with E-state index in [1.54, 1.807) is 12.3 Å². The molecule has 3 aromatic heterocycles. The lowest BCUT2D eigenvalue weighted by molar-refractivity contribution is 1.23. The number of pyridine rings is 2. The van der Waals surface area contributed by atoms with E-state index in [0.29, 0.717) is 23.0 Å². The van der Waals surface area contributed by atoms with Gasteiger partial charge in [-0.3, -0.25) is 0 Å². The van der Waals surface area contributed by atoms with Crippen LogP contribution in [0, 0.1) is 0 Å². The van der Waals surface area contributed by atoms with E-state index in [0.717, 1.165) is 9.99 Å². The zero-order chi connectivity index (χ0) is 11.8. The molecule has 0 aliphatic rings. The Hall–Kier alpha value is -1.95. The molecule has 0 saturated heterocycles. The first-order chi connectivity index (χ1) is 8.22. The summed E-state index contributed by atoms with van der Waals surface area (Å²) in [5.74, 6) is 1.13. The summed E-state index contributed by atoms with van der Waals surface area (Å²) in [6, 6.07) is 7.35. The number of nitrogens with one attached hydrogen (secondary N) is 1. The largest absolute Gasteiger partial charge is 0.384 e. The second kappa shape index (κ2) is 3.81. The van der Waals surface area contributed by atoms with Crippen LogP contribution in [-0.4, -0.2) is 19.9 Å². The quantitative estimate of drug-likeness (QED) is 0.721. The third kappa shape index (κ3) is 1.87. The highest BCUT2D eigenvalue weighted by Gasteiger charge is 2.07. The monoisotopic (exact) mass is 289 g/mol. The van der Waals surface area contributed by atoms with E-state index in [2.05, 4.69) is 35.9 Å². The Bertz CT molecular complexity index is 691. The van der Waals surface area contributed by atoms with Crippen molar-refractivity contribution in [2.45, 2.75) is 0 Å². The molecule has 6 heteroatoms. The van der Waals surface area contributed by atoms with E-state index in [1.807, 2.05) is 18.2 Å². The van der Waals surface area contributed by atoms with Crippen molar-refractivity contribution < 1.29 is 0 Å². The van der Waals surface area contributed by atoms with E-state index in [4.69, 9.17) is 5.73 Å². The van der Waals surface area contributed by atoms with Gasteiger partial charge in [-0.2, -0.15) is 0 Å². The number of nitrogens with two attached hydrogens (primary N) is 1. The molecule has 3 heterocycles. The number of aromatic amines is 1. The van der Waals surface area contributed by atoms with Crippen molar-refractivity contribution in [2.24, 2.45) is 0 Å². The molecule has 3 rings (SSSR count). The van der Waals surface area contributed by atoms with Crippen LogP contribution in [0.4, 0.5) is 5.82 Å². The maximum Gasteiger partial charge on any atom is 0.178 e. The SMILES string of the molecule is Nc1cccc(-c2nc3ncc(Br)cc3[nH]2)n1. The first-order valence-corrected chi connectivity index (χ1v) is 5.76. The van der Waals surface area contributed by atoms with Crippen molar-refractivity contribution in [1.29, 1.82) is 0 Å². The Morgan fingerprint density at radius 2 is 2.12 bits per heavy atom. The van der Waals surface area contributed by atoms with Gasteiger partial charge in [-0.1, -0.05) is 6.07 Å². The summed E-state index contributed by atoms with van der Waals surface area (Å²) >= 11 is 3.36. The van der Waals surface area contributed by atoms with Gasteiger partial charge < -0.3 is 10.7 Å². The standard InChI is InChI=1S/C11H8BrN5/c12-6-4-8-10(14-5-6)17-11(16-8)7-2-1-3-9(13)15-7/h1-5H,(H2,13,15)(H,14,16,17). The van der Waals surface area contributed by atoms with Crippen LogP contribution >= 0.6 is 15.9 Å². The highest BCUT2D eigenvalue weighted by Crippen LogP contribution is 2.20. The molecule has 3 N–H and O–H groups in total. The van der Waals surface area contributed by atoms with E-state index < -0.39 is 0 Å². The van der Waals surface area contributed by atoms with E-state index in [1.165, 1.54) is 0 Å². The molecule has 3 aromatic rings. The summed E-state index contributed by atoms with van der Waals surface area (Å²) in [6.45, 7) is 0. The van der Waals surface area contributed by atoms with Crippen molar-refractivity contribution in [3.8, 4) is 11.5 Å². The van der Waals surface area contributed by atoms with Gasteiger partial charge in [0.05, 0.1) is 5.52 Å². The van der Waals surface area contributed by atoms with Crippen molar-refractivity contribution in [3.63, 3.8) is 0 Å². The molecule has 0 fully saturated rings. The van der Waals surface area contributed by atoms with Crippen molar-refractivity contribution >= 4 is 32.9 Å². The fourth-order valence-corrected chi connectivity index (χ4v) is 1.91. The molecule has 0 aromatic carbocycles. The van der Waals surface area contributed by atoms with Crippen LogP contribution in [0.1, 0.15) is 0 Å². The lowest BCUT2D eigenvalue weighted by Crippen LogP contribution is -1.92. The van der Waals surface area contributed by atoms with Crippen LogP contribution in [0.15, 0.2) is 34.9 Å². The molecule has 0 aliphatic heterocycles. The summed E-state index contributed by atoms with van der Waals surface area (Å²) in [4.78, 5) is 15.9. The Morgan fingerprint density at radius 1 is 1.24 bits per heavy atom. The molecule has 0 bridgehead atoms. The summed E-state index contributed by atoms with van der Waals surface area (Å²) in [6.07, 6.45) is 1.71. The summed E-state index contributed by atoms with van der Waals surface area (Å²) in [5, 5.41) is 0. The molecule has 0 unspecified atom stereocenters. The van der Waals surface area contributed by atoms with E-state index >= 15 is 0 Å². The molecule has 84 valence electrons. The minimum Gasteiger partial charge on any atom is -0.384 e. The van der Waals surface area contributed by atoms with Crippen LogP contribution in [0.2, 0.25) is 0 Å². The average molecular weight is 290 g/mol. The summed E-state index contributed by atoms with van der Waals surface area (Å²) in [5.41, 5.74) is 7.87. The number of hydrogen-bond donors (Lipinski definition) is 2. The molecule has 0 radical (unpaired) electrons. The lowest BCUT2D eigenvalue weighted by Gasteiger charge is -1.96. The second-order valence-electron chi connectivity index (χ2n) is 3.56. The highest BCUT2D eigenvalue weighted by molar-refractivity contribution is 9.10. The Morgan fingerprint density at radius 3 is 2.94 bits per heavy atom. The molecule has 0 saturated carbocycles. The fourth-order valence-electron chi connectivity index (χ4n) is 1.58. The predicted octanol–water partition coefficient (Wildman–Crippen LogP) is 2.36. The molecule has 0 amide bonds. The molecular weight excluding hydrogens is 282 g/mol. The summed E-state index contributed by atoms with van der Waals surface area (Å²) in [7, 11) is 0. The number of imidazole rings is 1. The summed E-state index contributed by atoms with van der Waals surface area (Å²) < 4.78 is 0.903. The third-order valence-corrected chi connectivity index (χ3v) is 2.75. The number of hydrogen-bond acceptors (Lipinski definition) is 4. The number of nitrogens with zero attached hydrogens (tertiary/aromatic N) is 3. The fraction of sp³-hybridized carbons (Fsp3) is 0. The number of fused-ring (bicyclic) bond motifs is 1. The van der Waals surface area contributed by atoms with Gasteiger partial charge in [0.15, 0.2) is 11.5 Å². The normalized spacial score (nSPS) is 10.9. The van der Waals surface area contributed by atoms with Gasteiger partial charge in [-0.25, -0.2) is 15.0 Å². The van der Waals surface area contributed by atoms with E-state index in [9.17, 15) is 0 Å². The maximum atomic E-state index is 5.64. The Balaban J connectivity index is 2.18. The first-order valence-electron chi connectivity index (χ1n) is 4.96. The number of anilines is 1. The van der Waals surface area contributed by atoms with Gasteiger partial charge in [0.2, 0.25) is 0 Å². The van der Waals surface area contributed by atoms with Crippen LogP contribution in [0.25, 0.3) is 22.7 Å². The number of halogens is 1. The van der Waals surface area contributed by atoms with Gasteiger partial charge in [0.1, 0.15) is 11.5 Å². The minimum atomic E-state index is 0.470. The van der Waals surface area contributed by atoms with Crippen molar-refractivity contribution in [3.05, 3.63) is 34.9 Å². The first kappa shape index (κ1) is 10.2. The number of aromatic nitrogens is 4. The number of nitrogen functional groups attached to an aromatic ring is 1. The van der Waals surface area contributed by atoms with Crippen LogP contribution < -0.4 is 5.73 Å². The number of H-pyrrole nitrogens is 1. The van der Waals surface area contributed by atoms with Crippen LogP contribution in [0.3, 0.4) is 0 Å². The topological polar surface area (TPSA) is 80.5 Å². The molecule has 0 spiro atoms. The third-order valence-electron chi connectivity index (χ3n) is 2.32. The Kier molecular flexibility index (Phi) is 2.29. The molecular formula is C11H8BrN5. The zero-order valence-electron chi connectivity index (χ0n) is 8.68. The van der Waals surface area contributed by atoms with Gasteiger partial charge in [-0.05, 0) is 34.1 Å². The highest BCUT2D eigenvalue weighted by atomic mass is 79.9. The number of rotatable bonds is 1. The molecule has 5 nitrogen and oxygen atoms in total. The van der Waals surface area contributed by atoms with Crippen LogP contribution in [-0.2, 0) is 0 Å². The Labute approximate surface area is 105 Å². The van der Waals surface area contributed by atoms with E-state index in [-0.39, 0.29) is 0 Å². The minimum absolute atomic E-state index is 0.470. The van der Waals surface area contributed by atoms with Crippen molar-refractivity contribution in [2.75, 3.05) is 5.73 Å². The van der Waals surface area contributed by atoms with Gasteiger partial charge >= 0.3 is 0 Å². The zero-order valence-corrected chi connectivity index (χ0v) is 10.3.